The molecule has 0 amide bonds. The lowest BCUT2D eigenvalue weighted by atomic mass is 9.69. The number of hydrogen-bond donors (Lipinski definition) is 8. The lowest BCUT2D eigenvalue weighted by Gasteiger charge is -2.34. The first-order valence-corrected chi connectivity index (χ1v) is 11.3. The van der Waals surface area contributed by atoms with Crippen molar-refractivity contribution in [3.63, 3.8) is 0 Å². The number of rotatable bonds is 9. The lowest BCUT2D eigenvalue weighted by Crippen LogP contribution is -2.27. The van der Waals surface area contributed by atoms with Crippen LogP contribution in [0.15, 0.2) is 36.4 Å². The Kier molecular flexibility index (Phi) is 8.04. The van der Waals surface area contributed by atoms with Crippen LogP contribution in [0.5, 0.6) is 17.2 Å². The summed E-state index contributed by atoms with van der Waals surface area (Å²) in [4.78, 5) is 0. The van der Waals surface area contributed by atoms with Crippen molar-refractivity contribution >= 4 is 0 Å². The normalized spacial score (nSPS) is 11.7. The molecule has 0 atom stereocenters. The second kappa shape index (κ2) is 10.6. The van der Waals surface area contributed by atoms with E-state index in [1.165, 1.54) is 0 Å². The minimum absolute atomic E-state index is 0.0169. The van der Waals surface area contributed by atoms with Crippen molar-refractivity contribution in [1.29, 1.82) is 0 Å². The summed E-state index contributed by atoms with van der Waals surface area (Å²) < 4.78 is 0. The topological polar surface area (TPSA) is 162 Å². The van der Waals surface area contributed by atoms with Gasteiger partial charge in [0.15, 0.2) is 0 Å². The van der Waals surface area contributed by atoms with Crippen LogP contribution < -0.4 is 0 Å². The fraction of sp³-hybridized carbons (Fsp3) is 0.333. The summed E-state index contributed by atoms with van der Waals surface area (Å²) in [6.45, 7) is 1.34. The average Bonchev–Trinajstić information content (AvgIpc) is 2.88. The maximum atomic E-state index is 10.6. The zero-order chi connectivity index (χ0) is 25.9. The van der Waals surface area contributed by atoms with Crippen LogP contribution in [-0.4, -0.2) is 40.9 Å². The molecule has 3 aromatic rings. The van der Waals surface area contributed by atoms with Crippen molar-refractivity contribution in [2.75, 3.05) is 0 Å². The molecular weight excluding hydrogens is 452 g/mol. The summed E-state index contributed by atoms with van der Waals surface area (Å²) in [7, 11) is 0. The van der Waals surface area contributed by atoms with Gasteiger partial charge in [0, 0.05) is 33.2 Å². The molecule has 0 heterocycles. The highest BCUT2D eigenvalue weighted by atomic mass is 16.3. The highest BCUT2D eigenvalue weighted by Gasteiger charge is 2.35. The molecule has 0 spiro atoms. The van der Waals surface area contributed by atoms with E-state index in [9.17, 15) is 40.9 Å². The number of phenols is 3. The molecule has 0 fully saturated rings. The van der Waals surface area contributed by atoms with Gasteiger partial charge in [0.05, 0.1) is 33.0 Å². The molecule has 0 bridgehead atoms. The van der Waals surface area contributed by atoms with Crippen molar-refractivity contribution in [2.24, 2.45) is 0 Å². The molecule has 188 valence electrons. The monoisotopic (exact) mass is 484 g/mol. The first-order valence-electron chi connectivity index (χ1n) is 11.3. The van der Waals surface area contributed by atoms with Crippen LogP contribution in [-0.2, 0) is 44.9 Å². The third-order valence-electron chi connectivity index (χ3n) is 6.77. The summed E-state index contributed by atoms with van der Waals surface area (Å²) in [5, 5.41) is 80.8. The Morgan fingerprint density at radius 3 is 0.943 bits per heavy atom. The highest BCUT2D eigenvalue weighted by molar-refractivity contribution is 5.59. The van der Waals surface area contributed by atoms with Crippen LogP contribution in [0, 0.1) is 0 Å². The van der Waals surface area contributed by atoms with Gasteiger partial charge in [-0.1, -0.05) is 13.0 Å². The van der Waals surface area contributed by atoms with Gasteiger partial charge in [0.2, 0.25) is 0 Å². The first-order chi connectivity index (χ1) is 16.7. The lowest BCUT2D eigenvalue weighted by molar-refractivity contribution is 0.263. The van der Waals surface area contributed by atoms with Gasteiger partial charge in [-0.05, 0) is 65.9 Å². The Balaban J connectivity index is 2.49. The van der Waals surface area contributed by atoms with Gasteiger partial charge in [-0.2, -0.15) is 0 Å². The SMILES string of the molecule is CCc1cc(C(C)(c2cc(CO)c(O)c(CO)c2)c2cc(CO)c(O)c(CO)c2)cc(CO)c1O. The smallest absolute Gasteiger partial charge is 0.126 e. The molecule has 0 radical (unpaired) electrons. The minimum atomic E-state index is -1.09. The van der Waals surface area contributed by atoms with Crippen LogP contribution in [0.1, 0.15) is 63.9 Å². The van der Waals surface area contributed by atoms with E-state index in [1.807, 2.05) is 13.8 Å². The molecule has 35 heavy (non-hydrogen) atoms. The van der Waals surface area contributed by atoms with Crippen LogP contribution in [0.4, 0.5) is 0 Å². The maximum absolute atomic E-state index is 10.6. The fourth-order valence-electron chi connectivity index (χ4n) is 4.52. The van der Waals surface area contributed by atoms with Crippen LogP contribution in [0.2, 0.25) is 0 Å². The quantitative estimate of drug-likeness (QED) is 0.214. The van der Waals surface area contributed by atoms with Gasteiger partial charge in [0.1, 0.15) is 17.2 Å². The van der Waals surface area contributed by atoms with Gasteiger partial charge < -0.3 is 40.9 Å². The average molecular weight is 485 g/mol. The predicted molar refractivity (Wildman–Crippen MR) is 129 cm³/mol. The number of hydrogen-bond acceptors (Lipinski definition) is 8. The Labute approximate surface area is 203 Å². The van der Waals surface area contributed by atoms with Gasteiger partial charge in [0.25, 0.3) is 0 Å². The molecule has 8 heteroatoms. The molecular formula is C27H32O8. The Hall–Kier alpha value is -3.14. The molecule has 0 aliphatic heterocycles. The van der Waals surface area contributed by atoms with Crippen molar-refractivity contribution in [2.45, 2.75) is 58.7 Å². The molecule has 3 rings (SSSR count). The van der Waals surface area contributed by atoms with E-state index in [0.717, 1.165) is 0 Å². The maximum Gasteiger partial charge on any atom is 0.126 e. The standard InChI is InChI=1S/C27H32O8/c1-3-15-4-21(5-16(10-28)24(15)33)27(2,22-6-17(11-29)25(34)18(7-22)12-30)23-8-19(13-31)26(35)20(9-23)14-32/h4-9,28-35H,3,10-14H2,1-2H3. The number of aromatic hydroxyl groups is 3. The second-order valence-electron chi connectivity index (χ2n) is 8.70. The molecule has 3 aromatic carbocycles. The van der Waals surface area contributed by atoms with Crippen molar-refractivity contribution in [3.8, 4) is 17.2 Å². The first kappa shape index (κ1) is 26.5. The van der Waals surface area contributed by atoms with E-state index in [1.54, 1.807) is 36.4 Å². The summed E-state index contributed by atoms with van der Waals surface area (Å²) >= 11 is 0. The van der Waals surface area contributed by atoms with Gasteiger partial charge in [-0.3, -0.25) is 0 Å². The fourth-order valence-corrected chi connectivity index (χ4v) is 4.52. The predicted octanol–water partition coefficient (Wildman–Crippen LogP) is 2.18. The largest absolute Gasteiger partial charge is 0.507 e. The number of aliphatic hydroxyl groups is 5. The van der Waals surface area contributed by atoms with E-state index in [4.69, 9.17) is 0 Å². The van der Waals surface area contributed by atoms with E-state index in [0.29, 0.717) is 34.2 Å². The van der Waals surface area contributed by atoms with E-state index >= 15 is 0 Å². The molecule has 0 saturated carbocycles. The van der Waals surface area contributed by atoms with Crippen LogP contribution >= 0.6 is 0 Å². The highest BCUT2D eigenvalue weighted by Crippen LogP contribution is 2.45. The summed E-state index contributed by atoms with van der Waals surface area (Å²) in [6.07, 6.45) is 0.474. The Bertz CT molecular complexity index is 994. The van der Waals surface area contributed by atoms with Crippen molar-refractivity contribution in [1.82, 2.24) is 0 Å². The van der Waals surface area contributed by atoms with E-state index < -0.39 is 38.4 Å². The zero-order valence-corrected chi connectivity index (χ0v) is 19.8. The van der Waals surface area contributed by atoms with Gasteiger partial charge >= 0.3 is 0 Å². The minimum Gasteiger partial charge on any atom is -0.507 e. The molecule has 0 saturated heterocycles. The van der Waals surface area contributed by atoms with Crippen LogP contribution in [0.25, 0.3) is 0 Å². The Morgan fingerprint density at radius 2 is 0.714 bits per heavy atom. The molecule has 8 nitrogen and oxygen atoms in total. The molecule has 0 aliphatic rings. The van der Waals surface area contributed by atoms with Gasteiger partial charge in [-0.25, -0.2) is 0 Å². The van der Waals surface area contributed by atoms with Gasteiger partial charge in [-0.15, -0.1) is 0 Å². The molecule has 0 aromatic heterocycles. The Morgan fingerprint density at radius 1 is 0.486 bits per heavy atom. The molecule has 0 unspecified atom stereocenters. The molecule has 0 aliphatic carbocycles. The van der Waals surface area contributed by atoms with Crippen molar-refractivity contribution in [3.05, 3.63) is 86.5 Å². The number of aryl methyl sites for hydroxylation is 1. The van der Waals surface area contributed by atoms with E-state index in [2.05, 4.69) is 0 Å². The van der Waals surface area contributed by atoms with Crippen LogP contribution in [0.3, 0.4) is 0 Å². The molecule has 8 N–H and O–H groups in total. The summed E-state index contributed by atoms with van der Waals surface area (Å²) in [6, 6.07) is 9.79. The second-order valence-corrected chi connectivity index (χ2v) is 8.70. The number of benzene rings is 3. The summed E-state index contributed by atoms with van der Waals surface area (Å²) in [5.74, 6) is -0.471. The van der Waals surface area contributed by atoms with Crippen molar-refractivity contribution < 1.29 is 40.9 Å². The zero-order valence-electron chi connectivity index (χ0n) is 19.8. The third-order valence-corrected chi connectivity index (χ3v) is 6.77. The van der Waals surface area contributed by atoms with E-state index in [-0.39, 0.29) is 39.5 Å². The summed E-state index contributed by atoms with van der Waals surface area (Å²) in [5.41, 5.74) is 2.31. The number of aliphatic hydroxyl groups excluding tert-OH is 5. The third kappa shape index (κ3) is 4.59.